The van der Waals surface area contributed by atoms with Crippen molar-refractivity contribution in [1.29, 1.82) is 0 Å². The fourth-order valence-electron chi connectivity index (χ4n) is 1.47. The second-order valence-electron chi connectivity index (χ2n) is 3.57. The van der Waals surface area contributed by atoms with E-state index in [-0.39, 0.29) is 36.0 Å². The lowest BCUT2D eigenvalue weighted by atomic mass is 10.1. The first-order valence-corrected chi connectivity index (χ1v) is 5.15. The van der Waals surface area contributed by atoms with Crippen molar-refractivity contribution < 1.29 is 18.0 Å². The average molecular weight is 255 g/mol. The minimum Gasteiger partial charge on any atom is -0.380 e. The van der Waals surface area contributed by atoms with Crippen LogP contribution in [0.5, 0.6) is 0 Å². The molecule has 0 unspecified atom stereocenters. The van der Waals surface area contributed by atoms with Crippen molar-refractivity contribution in [3.8, 4) is 11.4 Å². The molecule has 5 nitrogen and oxygen atoms in total. The van der Waals surface area contributed by atoms with E-state index in [1.54, 1.807) is 0 Å². The Morgan fingerprint density at radius 1 is 1.33 bits per heavy atom. The first kappa shape index (κ1) is 12.6. The van der Waals surface area contributed by atoms with E-state index in [1.807, 2.05) is 0 Å². The number of halogens is 2. The lowest BCUT2D eigenvalue weighted by Crippen LogP contribution is -1.98. The molecule has 0 saturated heterocycles. The van der Waals surface area contributed by atoms with Gasteiger partial charge in [-0.15, -0.1) is 0 Å². The summed E-state index contributed by atoms with van der Waals surface area (Å²) in [5, 5.41) is 3.53. The van der Waals surface area contributed by atoms with Gasteiger partial charge in [0.1, 0.15) is 11.6 Å². The zero-order valence-electron chi connectivity index (χ0n) is 9.61. The third-order valence-corrected chi connectivity index (χ3v) is 2.32. The molecule has 18 heavy (non-hydrogen) atoms. The molecule has 7 heteroatoms. The number of aromatic nitrogens is 2. The highest BCUT2D eigenvalue weighted by atomic mass is 19.1. The highest BCUT2D eigenvalue weighted by molar-refractivity contribution is 5.56. The Morgan fingerprint density at radius 2 is 2.11 bits per heavy atom. The third kappa shape index (κ3) is 2.36. The molecule has 0 bridgehead atoms. The maximum absolute atomic E-state index is 13.8. The summed E-state index contributed by atoms with van der Waals surface area (Å²) in [5.41, 5.74) is 5.35. The zero-order valence-corrected chi connectivity index (χ0v) is 9.61. The first-order chi connectivity index (χ1) is 8.65. The van der Waals surface area contributed by atoms with Gasteiger partial charge in [-0.2, -0.15) is 4.98 Å². The molecule has 96 valence electrons. The van der Waals surface area contributed by atoms with Gasteiger partial charge in [0.2, 0.25) is 11.7 Å². The van der Waals surface area contributed by atoms with Crippen LogP contribution in [0.15, 0.2) is 16.7 Å². The number of hydrogen-bond donors (Lipinski definition) is 1. The van der Waals surface area contributed by atoms with Crippen LogP contribution in [0.3, 0.4) is 0 Å². The fraction of sp³-hybridized carbons (Fsp3) is 0.273. The van der Waals surface area contributed by atoms with Crippen molar-refractivity contribution in [3.05, 3.63) is 35.2 Å². The molecule has 1 heterocycles. The van der Waals surface area contributed by atoms with Crippen LogP contribution in [-0.4, -0.2) is 17.3 Å². The summed E-state index contributed by atoms with van der Waals surface area (Å²) in [6, 6.07) is 2.06. The maximum Gasteiger partial charge on any atom is 0.240 e. The van der Waals surface area contributed by atoms with Crippen LogP contribution in [0.2, 0.25) is 0 Å². The van der Waals surface area contributed by atoms with Crippen molar-refractivity contribution in [2.75, 3.05) is 7.11 Å². The molecule has 0 fully saturated rings. The molecule has 0 aliphatic rings. The molecular formula is C11H11F2N3O2. The lowest BCUT2D eigenvalue weighted by molar-refractivity contribution is 0.181. The highest BCUT2D eigenvalue weighted by Crippen LogP contribution is 2.23. The van der Waals surface area contributed by atoms with Gasteiger partial charge < -0.3 is 15.0 Å². The van der Waals surface area contributed by atoms with Crippen molar-refractivity contribution >= 4 is 0 Å². The number of rotatable bonds is 4. The van der Waals surface area contributed by atoms with E-state index in [2.05, 4.69) is 10.1 Å². The van der Waals surface area contributed by atoms with Crippen LogP contribution in [0, 0.1) is 11.6 Å². The minimum absolute atomic E-state index is 0.0106. The van der Waals surface area contributed by atoms with Crippen molar-refractivity contribution in [2.45, 2.75) is 13.2 Å². The van der Waals surface area contributed by atoms with Gasteiger partial charge in [-0.3, -0.25) is 0 Å². The Balaban J connectivity index is 2.42. The third-order valence-electron chi connectivity index (χ3n) is 2.32. The van der Waals surface area contributed by atoms with E-state index >= 15 is 0 Å². The number of hydrogen-bond acceptors (Lipinski definition) is 5. The molecule has 0 spiro atoms. The van der Waals surface area contributed by atoms with Crippen LogP contribution in [0.1, 0.15) is 11.5 Å². The Kier molecular flexibility index (Phi) is 3.63. The van der Waals surface area contributed by atoms with E-state index in [9.17, 15) is 8.78 Å². The number of methoxy groups -OCH3 is 1. The van der Waals surface area contributed by atoms with Gasteiger partial charge in [-0.1, -0.05) is 5.16 Å². The van der Waals surface area contributed by atoms with Crippen molar-refractivity contribution in [1.82, 2.24) is 10.1 Å². The van der Waals surface area contributed by atoms with Crippen LogP contribution >= 0.6 is 0 Å². The summed E-state index contributed by atoms with van der Waals surface area (Å²) in [4.78, 5) is 3.84. The molecular weight excluding hydrogens is 244 g/mol. The standard InChI is InChI=1S/C11H11F2N3O2/c1-17-5-6-2-9(13)7(3-8(6)12)11-15-10(4-14)18-16-11/h2-3H,4-5,14H2,1H3. The van der Waals surface area contributed by atoms with E-state index in [1.165, 1.54) is 7.11 Å². The van der Waals surface area contributed by atoms with Gasteiger partial charge in [-0.05, 0) is 12.1 Å². The molecule has 1 aromatic heterocycles. The number of benzene rings is 1. The second kappa shape index (κ2) is 5.19. The molecule has 2 rings (SSSR count). The number of nitrogens with zero attached hydrogens (tertiary/aromatic N) is 2. The predicted octanol–water partition coefficient (Wildman–Crippen LogP) is 1.62. The van der Waals surface area contributed by atoms with Gasteiger partial charge in [0.15, 0.2) is 0 Å². The zero-order chi connectivity index (χ0) is 13.1. The summed E-state index contributed by atoms with van der Waals surface area (Å²) >= 11 is 0. The van der Waals surface area contributed by atoms with Crippen molar-refractivity contribution in [3.63, 3.8) is 0 Å². The Hall–Kier alpha value is -1.86. The average Bonchev–Trinajstić information content (AvgIpc) is 2.82. The Morgan fingerprint density at radius 3 is 2.72 bits per heavy atom. The molecule has 0 atom stereocenters. The largest absolute Gasteiger partial charge is 0.380 e. The topological polar surface area (TPSA) is 74.2 Å². The van der Waals surface area contributed by atoms with E-state index < -0.39 is 11.6 Å². The SMILES string of the molecule is COCc1cc(F)c(-c2noc(CN)n2)cc1F. The normalized spacial score (nSPS) is 10.9. The fourth-order valence-corrected chi connectivity index (χ4v) is 1.47. The van der Waals surface area contributed by atoms with Gasteiger partial charge in [0.25, 0.3) is 0 Å². The highest BCUT2D eigenvalue weighted by Gasteiger charge is 2.16. The summed E-state index contributed by atoms with van der Waals surface area (Å²) in [6.45, 7) is 0.0299. The maximum atomic E-state index is 13.8. The van der Waals surface area contributed by atoms with Crippen LogP contribution < -0.4 is 5.73 Å². The van der Waals surface area contributed by atoms with Gasteiger partial charge in [0.05, 0.1) is 18.7 Å². The monoisotopic (exact) mass is 255 g/mol. The van der Waals surface area contributed by atoms with E-state index in [0.29, 0.717) is 0 Å². The van der Waals surface area contributed by atoms with Crippen molar-refractivity contribution in [2.24, 2.45) is 5.73 Å². The summed E-state index contributed by atoms with van der Waals surface area (Å²) in [6.07, 6.45) is 0. The predicted molar refractivity (Wildman–Crippen MR) is 58.3 cm³/mol. The van der Waals surface area contributed by atoms with Gasteiger partial charge in [-0.25, -0.2) is 8.78 Å². The molecule has 0 amide bonds. The molecule has 0 aliphatic heterocycles. The molecule has 2 N–H and O–H groups in total. The summed E-state index contributed by atoms with van der Waals surface area (Å²) in [7, 11) is 1.40. The van der Waals surface area contributed by atoms with E-state index in [4.69, 9.17) is 15.0 Å². The molecule has 0 saturated carbocycles. The molecule has 1 aromatic carbocycles. The first-order valence-electron chi connectivity index (χ1n) is 5.15. The van der Waals surface area contributed by atoms with Gasteiger partial charge in [0, 0.05) is 12.7 Å². The summed E-state index contributed by atoms with van der Waals surface area (Å²) in [5.74, 6) is -1.11. The molecule has 0 aliphatic carbocycles. The van der Waals surface area contributed by atoms with Gasteiger partial charge >= 0.3 is 0 Å². The van der Waals surface area contributed by atoms with Crippen LogP contribution in [0.4, 0.5) is 8.78 Å². The Bertz CT molecular complexity index is 557. The molecule has 2 aromatic rings. The number of nitrogens with two attached hydrogens (primary N) is 1. The smallest absolute Gasteiger partial charge is 0.240 e. The molecule has 0 radical (unpaired) electrons. The van der Waals surface area contributed by atoms with Crippen LogP contribution in [-0.2, 0) is 17.9 Å². The number of ether oxygens (including phenoxy) is 1. The quantitative estimate of drug-likeness (QED) is 0.898. The lowest BCUT2D eigenvalue weighted by Gasteiger charge is -2.04. The van der Waals surface area contributed by atoms with E-state index in [0.717, 1.165) is 12.1 Å². The second-order valence-corrected chi connectivity index (χ2v) is 3.57. The van der Waals surface area contributed by atoms with Crippen LogP contribution in [0.25, 0.3) is 11.4 Å². The minimum atomic E-state index is -0.646. The summed E-state index contributed by atoms with van der Waals surface area (Å²) < 4.78 is 36.9. The Labute approximate surface area is 102 Å².